The van der Waals surface area contributed by atoms with Crippen molar-refractivity contribution in [2.75, 3.05) is 37.0 Å². The molecule has 9 heterocycles. The van der Waals surface area contributed by atoms with Gasteiger partial charge in [-0.25, -0.2) is 48.6 Å². The number of nitrogen functional groups attached to an aromatic ring is 3. The van der Waals surface area contributed by atoms with Crippen LogP contribution in [0.15, 0.2) is 36.4 Å². The van der Waals surface area contributed by atoms with Gasteiger partial charge in [0.15, 0.2) is 34.1 Å². The van der Waals surface area contributed by atoms with Gasteiger partial charge >= 0.3 is 23.5 Å². The lowest BCUT2D eigenvalue weighted by Gasteiger charge is -2.24. The first-order chi connectivity index (χ1) is 30.8. The summed E-state index contributed by atoms with van der Waals surface area (Å²) < 4.78 is 87.7. The maximum Gasteiger partial charge on any atom is 0.472 e. The summed E-state index contributed by atoms with van der Waals surface area (Å²) in [6, 6.07) is 0. The van der Waals surface area contributed by atoms with E-state index in [4.69, 9.17) is 54.0 Å². The number of fused-ring (bicyclic) bond motifs is 3. The van der Waals surface area contributed by atoms with Crippen molar-refractivity contribution in [1.82, 2.24) is 58.6 Å². The van der Waals surface area contributed by atoms with Crippen molar-refractivity contribution >= 4 is 74.5 Å². The fraction of sp³-hybridized carbons (Fsp3) is 0.500. The second-order valence-corrected chi connectivity index (χ2v) is 18.7. The highest BCUT2D eigenvalue weighted by Crippen LogP contribution is 2.53. The number of anilines is 3. The topological polar surface area (TPSA) is 455 Å². The molecule has 0 aromatic carbocycles. The number of aliphatic hydroxyl groups is 1. The Bertz CT molecular complexity index is 2950. The van der Waals surface area contributed by atoms with Crippen molar-refractivity contribution in [2.45, 2.75) is 74.6 Å². The first-order valence-electron chi connectivity index (χ1n) is 19.1. The Morgan fingerprint density at radius 3 is 1.54 bits per heavy atom. The molecule has 0 radical (unpaired) electrons. The molecule has 0 amide bonds. The number of aromatic amines is 1. The van der Waals surface area contributed by atoms with Crippen LogP contribution in [0, 0.1) is 0 Å². The van der Waals surface area contributed by atoms with Crippen LogP contribution in [0.5, 0.6) is 0 Å². The summed E-state index contributed by atoms with van der Waals surface area (Å²) in [7, 11) is -15.4. The van der Waals surface area contributed by atoms with Gasteiger partial charge < -0.3 is 56.1 Å². The first-order valence-corrected chi connectivity index (χ1v) is 23.6. The summed E-state index contributed by atoms with van der Waals surface area (Å²) in [4.78, 5) is 88.5. The standard InChI is InChI=1S/C30H38N15O17P3/c31-24-21-26(36-7-34-24)43(9-38-21)18-2-13(60-63(48,49)50)16(58-18)5-55-65(53,54)62-14-3-19(44-10-39-22-25(32)35-8-37-27(22)44)59-17(14)6-56-64(51,52)61-12-1-20(57-15(12)4-46)45-11-40-23-28(45)41-30(33)42-29(23)47/h7-20,46H,1-6H2,(H,51,52)(H,53,54)(H2,31,34,36)(H2,32,35,37)(H2,48,49,50)(H3,33,41,42,47)/t12-,13-,14-,15+,16+,17+,18+,19+,20+/m0/s1. The average molecular weight is 974 g/mol. The van der Waals surface area contributed by atoms with Crippen molar-refractivity contribution in [1.29, 1.82) is 0 Å². The zero-order valence-electron chi connectivity index (χ0n) is 33.0. The number of nitrogens with one attached hydrogen (secondary N) is 1. The number of phosphoric ester groups is 3. The highest BCUT2D eigenvalue weighted by molar-refractivity contribution is 7.47. The van der Waals surface area contributed by atoms with E-state index >= 15 is 0 Å². The molecule has 3 aliphatic rings. The monoisotopic (exact) mass is 973 g/mol. The van der Waals surface area contributed by atoms with Gasteiger partial charge in [-0.2, -0.15) is 4.98 Å². The minimum atomic E-state index is -5.19. The fourth-order valence-electron chi connectivity index (χ4n) is 7.64. The Morgan fingerprint density at radius 2 is 1.06 bits per heavy atom. The van der Waals surface area contributed by atoms with E-state index in [1.54, 1.807) is 0 Å². The summed E-state index contributed by atoms with van der Waals surface area (Å²) in [6.07, 6.45) is -5.60. The van der Waals surface area contributed by atoms with Crippen molar-refractivity contribution in [2.24, 2.45) is 0 Å². The molecule has 9 rings (SSSR count). The van der Waals surface area contributed by atoms with Crippen LogP contribution in [0.4, 0.5) is 17.6 Å². The molecule has 0 saturated carbocycles. The van der Waals surface area contributed by atoms with Crippen molar-refractivity contribution in [3.63, 3.8) is 0 Å². The molecule has 6 aromatic heterocycles. The van der Waals surface area contributed by atoms with E-state index in [-0.39, 0.29) is 70.3 Å². The third kappa shape index (κ3) is 9.38. The minimum Gasteiger partial charge on any atom is -0.394 e. The van der Waals surface area contributed by atoms with Crippen molar-refractivity contribution in [3.8, 4) is 0 Å². The second kappa shape index (κ2) is 17.3. The molecule has 0 aliphatic carbocycles. The second-order valence-electron chi connectivity index (χ2n) is 14.7. The average Bonchev–Trinajstić information content (AvgIpc) is 4.09. The Balaban J connectivity index is 0.900. The number of hydrogen-bond donors (Lipinski definition) is 9. The lowest BCUT2D eigenvalue weighted by Crippen LogP contribution is -2.31. The van der Waals surface area contributed by atoms with Crippen LogP contribution in [0.1, 0.15) is 37.9 Å². The number of phosphoric acid groups is 3. The van der Waals surface area contributed by atoms with E-state index in [1.807, 2.05) is 0 Å². The van der Waals surface area contributed by atoms with Crippen molar-refractivity contribution in [3.05, 3.63) is 42.0 Å². The summed E-state index contributed by atoms with van der Waals surface area (Å²) in [5, 5.41) is 10.1. The largest absolute Gasteiger partial charge is 0.472 e. The van der Waals surface area contributed by atoms with Crippen LogP contribution in [-0.2, 0) is 50.5 Å². The Hall–Kier alpha value is -4.98. The zero-order chi connectivity index (χ0) is 46.0. The minimum absolute atomic E-state index is 0.0386. The van der Waals surface area contributed by atoms with Gasteiger partial charge in [0, 0.05) is 19.3 Å². The van der Waals surface area contributed by atoms with Crippen LogP contribution in [0.2, 0.25) is 0 Å². The van der Waals surface area contributed by atoms with E-state index in [1.165, 1.54) is 45.3 Å². The van der Waals surface area contributed by atoms with Gasteiger partial charge in [0.2, 0.25) is 5.95 Å². The molecule has 0 bridgehead atoms. The third-order valence-electron chi connectivity index (χ3n) is 10.5. The number of imidazole rings is 3. The summed E-state index contributed by atoms with van der Waals surface area (Å²) in [6.45, 7) is -2.30. The maximum atomic E-state index is 13.6. The molecule has 3 fully saturated rings. The first kappa shape index (κ1) is 45.2. The summed E-state index contributed by atoms with van der Waals surface area (Å²) >= 11 is 0. The van der Waals surface area contributed by atoms with Crippen LogP contribution in [0.25, 0.3) is 33.5 Å². The van der Waals surface area contributed by atoms with Crippen LogP contribution >= 0.6 is 23.5 Å². The van der Waals surface area contributed by atoms with E-state index in [0.29, 0.717) is 0 Å². The molecule has 12 N–H and O–H groups in total. The third-order valence-corrected chi connectivity index (χ3v) is 13.1. The summed E-state index contributed by atoms with van der Waals surface area (Å²) in [5.41, 5.74) is 17.7. The lowest BCUT2D eigenvalue weighted by molar-refractivity contribution is -0.0597. The maximum absolute atomic E-state index is 13.6. The molecule has 3 aliphatic heterocycles. The van der Waals surface area contributed by atoms with E-state index in [2.05, 4.69) is 44.9 Å². The number of H-pyrrole nitrogens is 1. The van der Waals surface area contributed by atoms with Gasteiger partial charge in [0.25, 0.3) is 5.56 Å². The van der Waals surface area contributed by atoms with Gasteiger partial charge in [0.05, 0.1) is 38.8 Å². The Morgan fingerprint density at radius 1 is 0.631 bits per heavy atom. The molecule has 65 heavy (non-hydrogen) atoms. The molecule has 2 unspecified atom stereocenters. The van der Waals surface area contributed by atoms with Gasteiger partial charge in [0.1, 0.15) is 79.0 Å². The van der Waals surface area contributed by atoms with E-state index < -0.39 is 104 Å². The summed E-state index contributed by atoms with van der Waals surface area (Å²) in [5.74, 6) is -0.110. The predicted molar refractivity (Wildman–Crippen MR) is 213 cm³/mol. The molecule has 35 heteroatoms. The van der Waals surface area contributed by atoms with Gasteiger partial charge in [-0.15, -0.1) is 0 Å². The number of aliphatic hydroxyl groups excluding tert-OH is 1. The van der Waals surface area contributed by atoms with Gasteiger partial charge in [-0.05, 0) is 0 Å². The van der Waals surface area contributed by atoms with E-state index in [9.17, 15) is 43.2 Å². The molecular weight excluding hydrogens is 935 g/mol. The number of hydrogen-bond acceptors (Lipinski definition) is 24. The molecule has 6 aromatic rings. The molecular formula is C30H38N15O17P3. The number of nitrogens with zero attached hydrogens (tertiary/aromatic N) is 11. The smallest absolute Gasteiger partial charge is 0.394 e. The predicted octanol–water partition coefficient (Wildman–Crippen LogP) is -1.12. The van der Waals surface area contributed by atoms with Crippen LogP contribution < -0.4 is 22.8 Å². The van der Waals surface area contributed by atoms with E-state index in [0.717, 1.165) is 0 Å². The van der Waals surface area contributed by atoms with Crippen molar-refractivity contribution < 1.29 is 75.2 Å². The SMILES string of the molecule is Nc1nc2c(ncn2[C@H]2C[C@H](OP(=O)(O)OC[C@H]3O[C@@H](n4cnc5c(N)ncnc54)C[C@@H]3OP(=O)(O)OC[C@H]3O[C@@H](n4cnc5c(N)ncnc54)C[C@@H]3OP(=O)(O)O)[C@@H](CO)O2)c(=O)[nH]1. The number of nitrogens with two attached hydrogens (primary N) is 3. The van der Waals surface area contributed by atoms with Crippen LogP contribution in [0.3, 0.4) is 0 Å². The zero-order valence-corrected chi connectivity index (χ0v) is 35.6. The number of aromatic nitrogens is 12. The van der Waals surface area contributed by atoms with Gasteiger partial charge in [-0.1, -0.05) is 0 Å². The Kier molecular flexibility index (Phi) is 12.1. The molecule has 350 valence electrons. The quantitative estimate of drug-likeness (QED) is 0.0519. The highest BCUT2D eigenvalue weighted by atomic mass is 31.2. The number of ether oxygens (including phenoxy) is 3. The number of rotatable bonds is 16. The fourth-order valence-corrected chi connectivity index (χ4v) is 10.1. The highest BCUT2D eigenvalue weighted by Gasteiger charge is 2.47. The molecule has 3 saturated heterocycles. The Labute approximate surface area is 361 Å². The molecule has 0 spiro atoms. The normalized spacial score (nSPS) is 28.1. The molecule has 11 atom stereocenters. The molecule has 32 nitrogen and oxygen atoms in total. The lowest BCUT2D eigenvalue weighted by atomic mass is 10.2. The van der Waals surface area contributed by atoms with Gasteiger partial charge in [-0.3, -0.25) is 46.1 Å². The van der Waals surface area contributed by atoms with Crippen LogP contribution in [-0.4, -0.2) is 140 Å².